The van der Waals surface area contributed by atoms with Crippen LogP contribution in [0.1, 0.15) is 11.1 Å². The summed E-state index contributed by atoms with van der Waals surface area (Å²) in [6.07, 6.45) is 0. The van der Waals surface area contributed by atoms with E-state index in [9.17, 15) is 0 Å². The molecule has 0 saturated carbocycles. The molecule has 0 aliphatic rings. The van der Waals surface area contributed by atoms with Crippen LogP contribution >= 0.6 is 34.8 Å². The lowest BCUT2D eigenvalue weighted by Gasteiger charge is -2.08. The van der Waals surface area contributed by atoms with Crippen molar-refractivity contribution in [3.05, 3.63) is 69.7 Å². The molecule has 0 fully saturated rings. The van der Waals surface area contributed by atoms with Crippen molar-refractivity contribution in [2.75, 3.05) is 12.5 Å². The number of hydrogen-bond acceptors (Lipinski definition) is 2. The van der Waals surface area contributed by atoms with Crippen LogP contribution in [0.25, 0.3) is 0 Å². The first-order chi connectivity index (χ1) is 9.70. The quantitative estimate of drug-likeness (QED) is 0.327. The molecule has 0 aliphatic heterocycles. The highest BCUT2D eigenvalue weighted by Crippen LogP contribution is 2.18. The zero-order chi connectivity index (χ0) is 14.4. The van der Waals surface area contributed by atoms with Gasteiger partial charge in [-0.05, 0) is 24.3 Å². The summed E-state index contributed by atoms with van der Waals surface area (Å²) >= 11 is 17.6. The fraction of sp³-hybridized carbons (Fsp3) is 0.133. The average Bonchev–Trinajstić information content (AvgIpc) is 2.43. The van der Waals surface area contributed by atoms with Crippen molar-refractivity contribution in [3.8, 4) is 0 Å². The van der Waals surface area contributed by atoms with Gasteiger partial charge in [-0.25, -0.2) is 0 Å². The SMILES string of the molecule is ClCCON=C(c1cccc(Cl)c1)c1cccc(Cl)c1. The summed E-state index contributed by atoms with van der Waals surface area (Å²) in [6, 6.07) is 14.8. The molecule has 0 unspecified atom stereocenters. The van der Waals surface area contributed by atoms with Crippen molar-refractivity contribution in [2.45, 2.75) is 0 Å². The predicted molar refractivity (Wildman–Crippen MR) is 85.2 cm³/mol. The van der Waals surface area contributed by atoms with Gasteiger partial charge in [-0.3, -0.25) is 0 Å². The highest BCUT2D eigenvalue weighted by atomic mass is 35.5. The molecule has 0 N–H and O–H groups in total. The van der Waals surface area contributed by atoms with Gasteiger partial charge < -0.3 is 4.84 Å². The minimum Gasteiger partial charge on any atom is -0.394 e. The van der Waals surface area contributed by atoms with Crippen molar-refractivity contribution in [1.29, 1.82) is 0 Å². The maximum Gasteiger partial charge on any atom is 0.130 e. The van der Waals surface area contributed by atoms with Crippen LogP contribution in [0.5, 0.6) is 0 Å². The number of oxime groups is 1. The van der Waals surface area contributed by atoms with Crippen molar-refractivity contribution >= 4 is 40.5 Å². The Labute approximate surface area is 132 Å². The van der Waals surface area contributed by atoms with Crippen LogP contribution < -0.4 is 0 Å². The van der Waals surface area contributed by atoms with Crippen LogP contribution in [0.15, 0.2) is 53.7 Å². The number of halogens is 3. The van der Waals surface area contributed by atoms with Gasteiger partial charge in [0.1, 0.15) is 12.3 Å². The summed E-state index contributed by atoms with van der Waals surface area (Å²) in [5, 5.41) is 5.42. The third-order valence-corrected chi connectivity index (χ3v) is 3.14. The fourth-order valence-electron chi connectivity index (χ4n) is 1.69. The Morgan fingerprint density at radius 2 is 1.50 bits per heavy atom. The maximum absolute atomic E-state index is 6.03. The minimum atomic E-state index is 0.339. The second-order valence-corrected chi connectivity index (χ2v) is 5.23. The first-order valence-electron chi connectivity index (χ1n) is 5.98. The lowest BCUT2D eigenvalue weighted by Crippen LogP contribution is -2.05. The molecule has 0 spiro atoms. The van der Waals surface area contributed by atoms with Gasteiger partial charge in [-0.2, -0.15) is 0 Å². The molecule has 2 aromatic carbocycles. The lowest BCUT2D eigenvalue weighted by molar-refractivity contribution is 0.161. The van der Waals surface area contributed by atoms with Gasteiger partial charge in [0.2, 0.25) is 0 Å². The van der Waals surface area contributed by atoms with Crippen LogP contribution in [-0.4, -0.2) is 18.2 Å². The standard InChI is InChI=1S/C15H12Cl3NO/c16-7-8-20-19-15(11-3-1-5-13(17)9-11)12-4-2-6-14(18)10-12/h1-6,9-10H,7-8H2. The molecule has 0 radical (unpaired) electrons. The topological polar surface area (TPSA) is 21.6 Å². The smallest absolute Gasteiger partial charge is 0.130 e. The Bertz CT molecular complexity index is 566. The molecule has 20 heavy (non-hydrogen) atoms. The van der Waals surface area contributed by atoms with Gasteiger partial charge >= 0.3 is 0 Å². The van der Waals surface area contributed by atoms with Gasteiger partial charge in [0.15, 0.2) is 0 Å². The monoisotopic (exact) mass is 327 g/mol. The second-order valence-electron chi connectivity index (χ2n) is 3.98. The average molecular weight is 329 g/mol. The number of nitrogens with zero attached hydrogens (tertiary/aromatic N) is 1. The molecule has 0 amide bonds. The summed E-state index contributed by atoms with van der Waals surface area (Å²) < 4.78 is 0. The van der Waals surface area contributed by atoms with E-state index in [1.807, 2.05) is 36.4 Å². The van der Waals surface area contributed by atoms with Gasteiger partial charge in [-0.1, -0.05) is 52.6 Å². The van der Waals surface area contributed by atoms with Crippen LogP contribution in [0.2, 0.25) is 10.0 Å². The third kappa shape index (κ3) is 4.14. The Kier molecular flexibility index (Phi) is 5.72. The fourth-order valence-corrected chi connectivity index (χ4v) is 2.14. The molecule has 0 aliphatic carbocycles. The molecule has 2 nitrogen and oxygen atoms in total. The molecular weight excluding hydrogens is 317 g/mol. The molecule has 5 heteroatoms. The van der Waals surface area contributed by atoms with Crippen LogP contribution in [0.4, 0.5) is 0 Å². The Morgan fingerprint density at radius 1 is 0.950 bits per heavy atom. The molecule has 104 valence electrons. The zero-order valence-corrected chi connectivity index (χ0v) is 12.8. The van der Waals surface area contributed by atoms with Crippen LogP contribution in [-0.2, 0) is 4.84 Å². The molecule has 2 rings (SSSR count). The molecule has 0 bridgehead atoms. The van der Waals surface area contributed by atoms with E-state index in [0.717, 1.165) is 11.1 Å². The summed E-state index contributed by atoms with van der Waals surface area (Å²) in [7, 11) is 0. The van der Waals surface area contributed by atoms with Crippen molar-refractivity contribution in [2.24, 2.45) is 5.16 Å². The van der Waals surface area contributed by atoms with E-state index in [-0.39, 0.29) is 0 Å². The highest BCUT2D eigenvalue weighted by Gasteiger charge is 2.09. The van der Waals surface area contributed by atoms with Gasteiger partial charge in [0.05, 0.1) is 5.88 Å². The Morgan fingerprint density at radius 3 is 1.95 bits per heavy atom. The third-order valence-electron chi connectivity index (χ3n) is 2.52. The molecular formula is C15H12Cl3NO. The largest absolute Gasteiger partial charge is 0.394 e. The number of hydrogen-bond donors (Lipinski definition) is 0. The van der Waals surface area contributed by atoms with Crippen LogP contribution in [0, 0.1) is 0 Å². The maximum atomic E-state index is 6.03. The van der Waals surface area contributed by atoms with E-state index in [0.29, 0.717) is 28.2 Å². The van der Waals surface area contributed by atoms with Crippen molar-refractivity contribution < 1.29 is 4.84 Å². The zero-order valence-electron chi connectivity index (χ0n) is 10.5. The lowest BCUT2D eigenvalue weighted by atomic mass is 10.0. The van der Waals surface area contributed by atoms with Gasteiger partial charge in [0.25, 0.3) is 0 Å². The Balaban J connectivity index is 2.42. The van der Waals surface area contributed by atoms with E-state index >= 15 is 0 Å². The van der Waals surface area contributed by atoms with E-state index in [1.54, 1.807) is 12.1 Å². The first kappa shape index (κ1) is 15.2. The van der Waals surface area contributed by atoms with Gasteiger partial charge in [-0.15, -0.1) is 11.6 Å². The van der Waals surface area contributed by atoms with Crippen molar-refractivity contribution in [1.82, 2.24) is 0 Å². The summed E-state index contributed by atoms with van der Waals surface area (Å²) in [4.78, 5) is 5.20. The molecule has 0 aromatic heterocycles. The summed E-state index contributed by atoms with van der Waals surface area (Å²) in [5.41, 5.74) is 2.38. The molecule has 0 atom stereocenters. The van der Waals surface area contributed by atoms with Gasteiger partial charge in [0, 0.05) is 21.2 Å². The van der Waals surface area contributed by atoms with Crippen molar-refractivity contribution in [3.63, 3.8) is 0 Å². The number of alkyl halides is 1. The summed E-state index contributed by atoms with van der Waals surface area (Å²) in [6.45, 7) is 0.339. The molecule has 0 heterocycles. The second kappa shape index (κ2) is 7.53. The van der Waals surface area contributed by atoms with E-state index < -0.39 is 0 Å². The van der Waals surface area contributed by atoms with E-state index in [4.69, 9.17) is 39.6 Å². The normalized spacial score (nSPS) is 10.2. The minimum absolute atomic E-state index is 0.339. The first-order valence-corrected chi connectivity index (χ1v) is 7.27. The molecule has 0 saturated heterocycles. The van der Waals surface area contributed by atoms with E-state index in [2.05, 4.69) is 5.16 Å². The predicted octanol–water partition coefficient (Wildman–Crippen LogP) is 5.00. The Hall–Kier alpha value is -1.22. The molecule has 2 aromatic rings. The number of benzene rings is 2. The summed E-state index contributed by atoms with van der Waals surface area (Å²) in [5.74, 6) is 0.377. The van der Waals surface area contributed by atoms with E-state index in [1.165, 1.54) is 0 Å². The highest BCUT2D eigenvalue weighted by molar-refractivity contribution is 6.32. The van der Waals surface area contributed by atoms with Crippen LogP contribution in [0.3, 0.4) is 0 Å². The number of rotatable bonds is 5.